The van der Waals surface area contributed by atoms with Crippen LogP contribution in [-0.4, -0.2) is 108 Å². The minimum Gasteiger partial charge on any atom is -0.393 e. The van der Waals surface area contributed by atoms with Gasteiger partial charge in [-0.05, 0) is 63.8 Å². The molecule has 0 bridgehead atoms. The summed E-state index contributed by atoms with van der Waals surface area (Å²) in [6, 6.07) is 16.0. The predicted molar refractivity (Wildman–Crippen MR) is 256 cm³/mol. The molecule has 0 aliphatic carbocycles. The van der Waals surface area contributed by atoms with Gasteiger partial charge in [-0.1, -0.05) is 24.3 Å². The molecule has 11 rings (SSSR count). The SMILES string of the molecule is CNc1ncnc(N2CCC(n3c(=O)[nH]c4ccccc43)CC2)c1N.Cc1ncc(-c2nc3c(N4CCC(n5c(=O)[nH]c6ccccc65)CC4)ncnc3n2C)cn1.Cc1ncc(C=O)cn1. The Bertz CT molecular complexity index is 3280. The van der Waals surface area contributed by atoms with Crippen LogP contribution >= 0.6 is 0 Å². The number of nitrogen functional groups attached to an aromatic ring is 1. The molecule has 0 amide bonds. The van der Waals surface area contributed by atoms with E-state index in [1.165, 1.54) is 18.7 Å². The third-order valence-corrected chi connectivity index (χ3v) is 12.2. The van der Waals surface area contributed by atoms with Gasteiger partial charge in [0.25, 0.3) is 0 Å². The molecule has 0 radical (unpaired) electrons. The van der Waals surface area contributed by atoms with E-state index in [9.17, 15) is 14.4 Å². The van der Waals surface area contributed by atoms with Crippen LogP contribution in [0, 0.1) is 13.8 Å². The molecule has 67 heavy (non-hydrogen) atoms. The molecular formula is C46H50N18O3. The van der Waals surface area contributed by atoms with Crippen LogP contribution in [-0.2, 0) is 7.05 Å². The maximum Gasteiger partial charge on any atom is 0.326 e. The molecule has 2 aliphatic rings. The fraction of sp³-hybridized carbons (Fsp3) is 0.304. The second kappa shape index (κ2) is 19.0. The molecule has 342 valence electrons. The van der Waals surface area contributed by atoms with Crippen LogP contribution in [0.4, 0.5) is 23.1 Å². The number of para-hydroxylation sites is 4. The number of aromatic amines is 2. The zero-order valence-corrected chi connectivity index (χ0v) is 37.5. The van der Waals surface area contributed by atoms with Crippen LogP contribution in [0.3, 0.4) is 0 Å². The first-order chi connectivity index (χ1) is 32.6. The second-order valence-electron chi connectivity index (χ2n) is 16.3. The van der Waals surface area contributed by atoms with E-state index >= 15 is 0 Å². The summed E-state index contributed by atoms with van der Waals surface area (Å²) in [7, 11) is 3.73. The van der Waals surface area contributed by atoms with Crippen molar-refractivity contribution in [1.29, 1.82) is 0 Å². The highest BCUT2D eigenvalue weighted by atomic mass is 16.2. The molecule has 21 heteroatoms. The van der Waals surface area contributed by atoms with Gasteiger partial charge in [-0.15, -0.1) is 0 Å². The van der Waals surface area contributed by atoms with E-state index < -0.39 is 0 Å². The van der Waals surface area contributed by atoms with Crippen molar-refractivity contribution in [2.75, 3.05) is 54.1 Å². The van der Waals surface area contributed by atoms with Crippen LogP contribution in [0.5, 0.6) is 0 Å². The summed E-state index contributed by atoms with van der Waals surface area (Å²) in [4.78, 5) is 83.9. The van der Waals surface area contributed by atoms with Crippen molar-refractivity contribution in [3.63, 3.8) is 0 Å². The number of fused-ring (bicyclic) bond motifs is 3. The lowest BCUT2D eigenvalue weighted by Crippen LogP contribution is -2.37. The van der Waals surface area contributed by atoms with Gasteiger partial charge in [0.1, 0.15) is 35.8 Å². The maximum atomic E-state index is 12.6. The number of hydrogen-bond donors (Lipinski definition) is 4. The number of carbonyl (C=O) groups excluding carboxylic acids is 1. The Hall–Kier alpha value is -8.36. The first-order valence-electron chi connectivity index (χ1n) is 22.0. The van der Waals surface area contributed by atoms with Crippen LogP contribution in [0.1, 0.15) is 59.8 Å². The summed E-state index contributed by atoms with van der Waals surface area (Å²) in [5.74, 6) is 4.37. The smallest absolute Gasteiger partial charge is 0.326 e. The van der Waals surface area contributed by atoms with Crippen molar-refractivity contribution >= 4 is 62.7 Å². The van der Waals surface area contributed by atoms with E-state index in [1.54, 1.807) is 32.7 Å². The Morgan fingerprint density at radius 2 is 1.16 bits per heavy atom. The largest absolute Gasteiger partial charge is 0.393 e. The zero-order chi connectivity index (χ0) is 46.6. The number of carbonyl (C=O) groups is 1. The quantitative estimate of drug-likeness (QED) is 0.157. The number of aromatic nitrogens is 14. The molecule has 9 heterocycles. The van der Waals surface area contributed by atoms with Crippen molar-refractivity contribution in [2.45, 2.75) is 51.6 Å². The third kappa shape index (κ3) is 8.89. The van der Waals surface area contributed by atoms with Gasteiger partial charge in [0.05, 0.1) is 33.2 Å². The molecule has 2 saturated heterocycles. The normalized spacial score (nSPS) is 14.4. The van der Waals surface area contributed by atoms with E-state index in [0.717, 1.165) is 120 Å². The highest BCUT2D eigenvalue weighted by Crippen LogP contribution is 2.33. The van der Waals surface area contributed by atoms with Gasteiger partial charge in [-0.2, -0.15) is 0 Å². The number of anilines is 4. The lowest BCUT2D eigenvalue weighted by molar-refractivity contribution is 0.112. The summed E-state index contributed by atoms with van der Waals surface area (Å²) >= 11 is 0. The summed E-state index contributed by atoms with van der Waals surface area (Å²) in [5, 5.41) is 2.98. The van der Waals surface area contributed by atoms with Crippen molar-refractivity contribution in [3.05, 3.63) is 124 Å². The Morgan fingerprint density at radius 3 is 1.70 bits per heavy atom. The summed E-state index contributed by atoms with van der Waals surface area (Å²) in [5.41, 5.74) is 13.2. The number of aldehydes is 1. The molecule has 2 aromatic carbocycles. The number of rotatable bonds is 7. The van der Waals surface area contributed by atoms with E-state index in [-0.39, 0.29) is 23.5 Å². The van der Waals surface area contributed by atoms with Gasteiger partial charge >= 0.3 is 11.4 Å². The highest BCUT2D eigenvalue weighted by Gasteiger charge is 2.28. The van der Waals surface area contributed by atoms with E-state index in [0.29, 0.717) is 22.9 Å². The van der Waals surface area contributed by atoms with Gasteiger partial charge in [-0.3, -0.25) is 13.9 Å². The Labute approximate surface area is 383 Å². The number of nitrogens with one attached hydrogen (secondary N) is 3. The van der Waals surface area contributed by atoms with Crippen molar-refractivity contribution in [1.82, 2.24) is 68.5 Å². The minimum atomic E-state index is -0.0474. The number of imidazole rings is 3. The topological polar surface area (TPSA) is 258 Å². The molecule has 2 fully saturated rings. The van der Waals surface area contributed by atoms with Crippen LogP contribution in [0.15, 0.2) is 95.6 Å². The molecule has 0 atom stereocenters. The van der Waals surface area contributed by atoms with Gasteiger partial charge in [0, 0.05) is 77.1 Å². The third-order valence-electron chi connectivity index (χ3n) is 12.2. The number of hydrogen-bond acceptors (Lipinski definition) is 16. The van der Waals surface area contributed by atoms with Gasteiger partial charge in [0.15, 0.2) is 34.9 Å². The lowest BCUT2D eigenvalue weighted by atomic mass is 10.0. The molecular weight excluding hydrogens is 853 g/mol. The highest BCUT2D eigenvalue weighted by molar-refractivity contribution is 5.87. The average Bonchev–Trinajstić information content (AvgIpc) is 4.01. The maximum absolute atomic E-state index is 12.6. The van der Waals surface area contributed by atoms with Crippen LogP contribution in [0.25, 0.3) is 44.6 Å². The molecule has 5 N–H and O–H groups in total. The van der Waals surface area contributed by atoms with Crippen LogP contribution < -0.4 is 32.2 Å². The first kappa shape index (κ1) is 43.9. The van der Waals surface area contributed by atoms with Gasteiger partial charge in [0.2, 0.25) is 0 Å². The zero-order valence-electron chi connectivity index (χ0n) is 37.5. The van der Waals surface area contributed by atoms with Crippen molar-refractivity contribution in [3.8, 4) is 11.4 Å². The first-order valence-corrected chi connectivity index (χ1v) is 22.0. The number of H-pyrrole nitrogens is 2. The standard InChI is InChI=1S/C23H23N9O.C17H21N7O.C6H6N2O/c1-14-24-11-15(12-25-14)20-29-19-21(30(20)2)26-13-27-22(19)31-9-7-16(8-10-31)32-18-6-4-3-5-17(18)28-23(32)33;1-19-15-14(18)16(21-10-20-15)23-8-6-11(7-9-23)24-13-5-3-2-4-12(13)22-17(24)25;1-5-7-2-6(4-9)3-8-5/h3-6,11-13,16H,7-10H2,1-2H3,(H,28,33);2-5,10-11H,6-9,18H2,1H3,(H,22,25)(H,19,20,21);2-4H,1H3. The number of nitrogens with two attached hydrogens (primary N) is 1. The monoisotopic (exact) mass is 902 g/mol. The lowest BCUT2D eigenvalue weighted by Gasteiger charge is -2.33. The number of piperidine rings is 2. The average molecular weight is 903 g/mol. The van der Waals surface area contributed by atoms with E-state index in [1.807, 2.05) is 76.2 Å². The van der Waals surface area contributed by atoms with Crippen LogP contribution in [0.2, 0.25) is 0 Å². The fourth-order valence-electron chi connectivity index (χ4n) is 8.83. The molecule has 2 aliphatic heterocycles. The molecule has 7 aromatic heterocycles. The summed E-state index contributed by atoms with van der Waals surface area (Å²) in [6.07, 6.45) is 13.8. The second-order valence-corrected chi connectivity index (χ2v) is 16.3. The number of benzene rings is 2. The molecule has 21 nitrogen and oxygen atoms in total. The molecule has 0 unspecified atom stereocenters. The van der Waals surface area contributed by atoms with E-state index in [2.05, 4.69) is 65.0 Å². The van der Waals surface area contributed by atoms with Crippen molar-refractivity contribution in [2.24, 2.45) is 7.05 Å². The van der Waals surface area contributed by atoms with Gasteiger partial charge < -0.3 is 35.4 Å². The molecule has 0 saturated carbocycles. The summed E-state index contributed by atoms with van der Waals surface area (Å²) in [6.45, 7) is 6.78. The molecule has 9 aromatic rings. The predicted octanol–water partition coefficient (Wildman–Crippen LogP) is 4.80. The number of aryl methyl sites for hydroxylation is 3. The fourth-order valence-corrected chi connectivity index (χ4v) is 8.83. The Morgan fingerprint density at radius 1 is 0.672 bits per heavy atom. The Balaban J connectivity index is 0.000000145. The van der Waals surface area contributed by atoms with Gasteiger partial charge in [-0.25, -0.2) is 54.4 Å². The number of nitrogens with zero attached hydrogens (tertiary/aromatic N) is 14. The van der Waals surface area contributed by atoms with E-state index in [4.69, 9.17) is 10.7 Å². The Kier molecular flexibility index (Phi) is 12.4. The van der Waals surface area contributed by atoms with Crippen molar-refractivity contribution < 1.29 is 4.79 Å². The summed E-state index contributed by atoms with van der Waals surface area (Å²) < 4.78 is 5.74. The molecule has 0 spiro atoms. The minimum absolute atomic E-state index is 0.0429.